The first-order chi connectivity index (χ1) is 9.15. The first-order valence-corrected chi connectivity index (χ1v) is 5.50. The molecule has 0 aliphatic carbocycles. The molecule has 0 unspecified atom stereocenters. The molecule has 3 rings (SSSR count). The molecule has 0 radical (unpaired) electrons. The summed E-state index contributed by atoms with van der Waals surface area (Å²) in [6.07, 6.45) is 1.49. The van der Waals surface area contributed by atoms with Gasteiger partial charge in [-0.25, -0.2) is 0 Å². The van der Waals surface area contributed by atoms with Crippen molar-refractivity contribution in [2.24, 2.45) is 0 Å². The Kier molecular flexibility index (Phi) is 2.48. The van der Waals surface area contributed by atoms with Crippen LogP contribution < -0.4 is 0 Å². The van der Waals surface area contributed by atoms with E-state index in [1.807, 2.05) is 0 Å². The maximum atomic E-state index is 10.7. The van der Waals surface area contributed by atoms with Crippen LogP contribution in [0.5, 0.6) is 0 Å². The molecule has 3 aromatic rings. The topological polar surface area (TPSA) is 106 Å². The largest absolute Gasteiger partial charge is 0.481 e. The zero-order valence-corrected chi connectivity index (χ0v) is 9.94. The molecule has 96 valence electrons. The van der Waals surface area contributed by atoms with E-state index in [0.717, 1.165) is 0 Å². The van der Waals surface area contributed by atoms with Crippen molar-refractivity contribution < 1.29 is 14.4 Å². The van der Waals surface area contributed by atoms with E-state index < -0.39 is 5.97 Å². The average molecular weight is 259 g/mol. The van der Waals surface area contributed by atoms with Crippen molar-refractivity contribution in [1.82, 2.24) is 24.7 Å². The monoisotopic (exact) mass is 259 g/mol. The highest BCUT2D eigenvalue weighted by molar-refractivity contribution is 5.73. The molecule has 0 saturated carbocycles. The van der Waals surface area contributed by atoms with Crippen LogP contribution in [0.4, 0.5) is 0 Å². The Balaban J connectivity index is 2.17. The molecule has 0 fully saturated rings. The average Bonchev–Trinajstić information content (AvgIpc) is 2.96. The molecule has 0 spiro atoms. The predicted octanol–water partition coefficient (Wildman–Crippen LogP) is 0.715. The van der Waals surface area contributed by atoms with Crippen molar-refractivity contribution in [2.75, 3.05) is 0 Å². The quantitative estimate of drug-likeness (QED) is 0.738. The van der Waals surface area contributed by atoms with E-state index in [2.05, 4.69) is 20.3 Å². The van der Waals surface area contributed by atoms with Crippen molar-refractivity contribution in [3.8, 4) is 11.5 Å². The number of carboxylic acids is 1. The van der Waals surface area contributed by atoms with Gasteiger partial charge in [-0.05, 0) is 19.1 Å². The lowest BCUT2D eigenvalue weighted by atomic mass is 10.2. The summed E-state index contributed by atoms with van der Waals surface area (Å²) < 4.78 is 6.69. The number of carbonyl (C=O) groups is 1. The van der Waals surface area contributed by atoms with E-state index in [1.54, 1.807) is 29.7 Å². The number of hydrogen-bond donors (Lipinski definition) is 1. The van der Waals surface area contributed by atoms with Crippen molar-refractivity contribution >= 4 is 11.6 Å². The number of aliphatic carboxylic acids is 1. The van der Waals surface area contributed by atoms with Gasteiger partial charge in [-0.1, -0.05) is 5.16 Å². The summed E-state index contributed by atoms with van der Waals surface area (Å²) in [7, 11) is 0. The van der Waals surface area contributed by atoms with Gasteiger partial charge in [-0.3, -0.25) is 9.20 Å². The zero-order valence-electron chi connectivity index (χ0n) is 9.94. The van der Waals surface area contributed by atoms with Crippen molar-refractivity contribution in [3.05, 3.63) is 30.0 Å². The number of fused-ring (bicyclic) bond motifs is 1. The molecule has 3 aromatic heterocycles. The van der Waals surface area contributed by atoms with Crippen molar-refractivity contribution in [2.45, 2.75) is 13.3 Å². The normalized spacial score (nSPS) is 11.0. The Hall–Kier alpha value is -2.77. The summed E-state index contributed by atoms with van der Waals surface area (Å²) in [5, 5.41) is 20.4. The number of hydrogen-bond acceptors (Lipinski definition) is 6. The Morgan fingerprint density at radius 1 is 1.47 bits per heavy atom. The molecule has 3 heterocycles. The SMILES string of the molecule is Cc1noc(-c2cccn3c(CC(=O)O)nnc23)n1. The van der Waals surface area contributed by atoms with Gasteiger partial charge >= 0.3 is 5.97 Å². The number of rotatable bonds is 3. The summed E-state index contributed by atoms with van der Waals surface area (Å²) >= 11 is 0. The Morgan fingerprint density at radius 2 is 2.32 bits per heavy atom. The summed E-state index contributed by atoms with van der Waals surface area (Å²) in [5.41, 5.74) is 1.11. The van der Waals surface area contributed by atoms with Gasteiger partial charge in [-0.2, -0.15) is 4.98 Å². The second-order valence-electron chi connectivity index (χ2n) is 3.95. The fourth-order valence-electron chi connectivity index (χ4n) is 1.79. The molecule has 0 aliphatic heterocycles. The highest BCUT2D eigenvalue weighted by atomic mass is 16.5. The minimum Gasteiger partial charge on any atom is -0.481 e. The molecule has 0 saturated heterocycles. The number of nitrogens with zero attached hydrogens (tertiary/aromatic N) is 5. The molecule has 8 nitrogen and oxygen atoms in total. The number of aromatic nitrogens is 5. The molecule has 0 amide bonds. The van der Waals surface area contributed by atoms with Gasteiger partial charge < -0.3 is 9.63 Å². The molecule has 19 heavy (non-hydrogen) atoms. The van der Waals surface area contributed by atoms with E-state index >= 15 is 0 Å². The van der Waals surface area contributed by atoms with Gasteiger partial charge in [-0.15, -0.1) is 10.2 Å². The van der Waals surface area contributed by atoms with Crippen LogP contribution in [0.2, 0.25) is 0 Å². The third-order valence-corrected chi connectivity index (χ3v) is 2.57. The van der Waals surface area contributed by atoms with Gasteiger partial charge in [0, 0.05) is 6.20 Å². The minimum atomic E-state index is -0.965. The predicted molar refractivity (Wildman–Crippen MR) is 62.4 cm³/mol. The van der Waals surface area contributed by atoms with Gasteiger partial charge in [0.2, 0.25) is 0 Å². The maximum absolute atomic E-state index is 10.7. The van der Waals surface area contributed by atoms with E-state index in [1.165, 1.54) is 0 Å². The summed E-state index contributed by atoms with van der Waals surface area (Å²) in [6.45, 7) is 1.72. The minimum absolute atomic E-state index is 0.201. The Bertz CT molecular complexity index is 761. The van der Waals surface area contributed by atoms with Crippen molar-refractivity contribution in [3.63, 3.8) is 0 Å². The van der Waals surface area contributed by atoms with Gasteiger partial charge in [0.1, 0.15) is 12.2 Å². The van der Waals surface area contributed by atoms with Crippen molar-refractivity contribution in [1.29, 1.82) is 0 Å². The smallest absolute Gasteiger partial charge is 0.311 e. The Labute approximate surface area is 106 Å². The second kappa shape index (κ2) is 4.16. The first kappa shape index (κ1) is 11.3. The summed E-state index contributed by atoms with van der Waals surface area (Å²) in [4.78, 5) is 14.9. The molecule has 0 aliphatic rings. The molecule has 0 atom stereocenters. The standard InChI is InChI=1S/C11H9N5O3/c1-6-12-11(19-15-6)7-3-2-4-16-8(5-9(17)18)13-14-10(7)16/h2-4H,5H2,1H3,(H,17,18). The lowest BCUT2D eigenvalue weighted by Crippen LogP contribution is -2.04. The molecular formula is C11H9N5O3. The van der Waals surface area contributed by atoms with Crippen LogP contribution in [-0.2, 0) is 11.2 Å². The van der Waals surface area contributed by atoms with E-state index in [0.29, 0.717) is 28.8 Å². The van der Waals surface area contributed by atoms with E-state index in [4.69, 9.17) is 9.63 Å². The summed E-state index contributed by atoms with van der Waals surface area (Å²) in [6, 6.07) is 3.51. The third-order valence-electron chi connectivity index (χ3n) is 2.57. The lowest BCUT2D eigenvalue weighted by Gasteiger charge is -1.99. The highest BCUT2D eigenvalue weighted by Gasteiger charge is 2.16. The summed E-state index contributed by atoms with van der Waals surface area (Å²) in [5.74, 6) is 0.230. The number of pyridine rings is 1. The van der Waals surface area contributed by atoms with Crippen LogP contribution in [0.25, 0.3) is 17.1 Å². The van der Waals surface area contributed by atoms with Gasteiger partial charge in [0.05, 0.1) is 5.56 Å². The Morgan fingerprint density at radius 3 is 3.00 bits per heavy atom. The lowest BCUT2D eigenvalue weighted by molar-refractivity contribution is -0.136. The first-order valence-electron chi connectivity index (χ1n) is 5.50. The molecule has 1 N–H and O–H groups in total. The maximum Gasteiger partial charge on any atom is 0.311 e. The molecule has 0 aromatic carbocycles. The zero-order chi connectivity index (χ0) is 13.4. The fraction of sp³-hybridized carbons (Fsp3) is 0.182. The van der Waals surface area contributed by atoms with Gasteiger partial charge in [0.15, 0.2) is 11.5 Å². The number of carboxylic acid groups (broad SMARTS) is 1. The van der Waals surface area contributed by atoms with Crippen LogP contribution in [0.15, 0.2) is 22.9 Å². The van der Waals surface area contributed by atoms with Crippen LogP contribution in [0.1, 0.15) is 11.6 Å². The highest BCUT2D eigenvalue weighted by Crippen LogP contribution is 2.22. The van der Waals surface area contributed by atoms with E-state index in [9.17, 15) is 4.79 Å². The van der Waals surface area contributed by atoms with Crippen LogP contribution in [0.3, 0.4) is 0 Å². The van der Waals surface area contributed by atoms with E-state index in [-0.39, 0.29) is 6.42 Å². The van der Waals surface area contributed by atoms with Crippen LogP contribution in [-0.4, -0.2) is 35.8 Å². The van der Waals surface area contributed by atoms with Crippen LogP contribution in [0, 0.1) is 6.92 Å². The third kappa shape index (κ3) is 1.92. The number of aryl methyl sites for hydroxylation is 1. The van der Waals surface area contributed by atoms with Crippen LogP contribution >= 0.6 is 0 Å². The van der Waals surface area contributed by atoms with Gasteiger partial charge in [0.25, 0.3) is 5.89 Å². The molecule has 8 heteroatoms. The molecular weight excluding hydrogens is 250 g/mol. The molecule has 0 bridgehead atoms. The fourth-order valence-corrected chi connectivity index (χ4v) is 1.79. The second-order valence-corrected chi connectivity index (χ2v) is 3.95.